The van der Waals surface area contributed by atoms with Crippen molar-refractivity contribution in [3.8, 4) is 0 Å². The van der Waals surface area contributed by atoms with Crippen molar-refractivity contribution in [2.45, 2.75) is 6.92 Å². The Balaban J connectivity index is 2.67. The molecule has 1 rings (SSSR count). The highest BCUT2D eigenvalue weighted by Gasteiger charge is 2.13. The van der Waals surface area contributed by atoms with Gasteiger partial charge in [0.25, 0.3) is 5.91 Å². The van der Waals surface area contributed by atoms with Gasteiger partial charge < -0.3 is 10.6 Å². The Hall–Kier alpha value is -1.06. The monoisotopic (exact) mass is 240 g/mol. The summed E-state index contributed by atoms with van der Waals surface area (Å²) in [5.74, 6) is 0.304. The second-order valence-electron chi connectivity index (χ2n) is 4.03. The van der Waals surface area contributed by atoms with Crippen molar-refractivity contribution >= 4 is 17.5 Å². The van der Waals surface area contributed by atoms with Gasteiger partial charge in [-0.15, -0.1) is 0 Å². The number of hydrogen-bond acceptors (Lipinski definition) is 2. The van der Waals surface area contributed by atoms with Gasteiger partial charge >= 0.3 is 0 Å². The predicted octanol–water partition coefficient (Wildman–Crippen LogP) is 2.01. The van der Waals surface area contributed by atoms with Crippen LogP contribution in [0.3, 0.4) is 0 Å². The molecule has 1 unspecified atom stereocenters. The number of nitrogens with two attached hydrogens (primary N) is 1. The molecule has 0 saturated heterocycles. The Morgan fingerprint density at radius 1 is 1.44 bits per heavy atom. The number of amides is 1. The molecule has 0 aromatic heterocycles. The molecule has 0 bridgehead atoms. The summed E-state index contributed by atoms with van der Waals surface area (Å²) in [4.78, 5) is 13.6. The average molecular weight is 241 g/mol. The minimum atomic E-state index is -0.00281. The van der Waals surface area contributed by atoms with E-state index >= 15 is 0 Å². The van der Waals surface area contributed by atoms with Gasteiger partial charge in [0.05, 0.1) is 0 Å². The summed E-state index contributed by atoms with van der Waals surface area (Å²) in [6.07, 6.45) is 0. The summed E-state index contributed by atoms with van der Waals surface area (Å²) < 4.78 is 0. The molecular formula is C12H17ClN2O. The highest BCUT2D eigenvalue weighted by atomic mass is 35.5. The fraction of sp³-hybridized carbons (Fsp3) is 0.417. The lowest BCUT2D eigenvalue weighted by atomic mass is 10.1. The van der Waals surface area contributed by atoms with Gasteiger partial charge in [-0.05, 0) is 36.7 Å². The number of hydrogen-bond donors (Lipinski definition) is 1. The van der Waals surface area contributed by atoms with E-state index < -0.39 is 0 Å². The molecule has 0 aliphatic carbocycles. The second-order valence-corrected chi connectivity index (χ2v) is 4.47. The molecule has 0 aliphatic rings. The van der Waals surface area contributed by atoms with Crippen LogP contribution in [0.1, 0.15) is 17.3 Å². The van der Waals surface area contributed by atoms with Crippen LogP contribution in [0, 0.1) is 5.92 Å². The van der Waals surface area contributed by atoms with Crippen molar-refractivity contribution in [1.82, 2.24) is 4.90 Å². The molecule has 0 radical (unpaired) electrons. The molecule has 4 heteroatoms. The molecule has 0 saturated carbocycles. The van der Waals surface area contributed by atoms with Crippen LogP contribution in [0.25, 0.3) is 0 Å². The van der Waals surface area contributed by atoms with E-state index in [1.54, 1.807) is 36.2 Å². The van der Waals surface area contributed by atoms with Crippen molar-refractivity contribution in [3.63, 3.8) is 0 Å². The fourth-order valence-electron chi connectivity index (χ4n) is 1.44. The normalized spacial score (nSPS) is 12.2. The van der Waals surface area contributed by atoms with Crippen LogP contribution in [0.15, 0.2) is 24.3 Å². The smallest absolute Gasteiger partial charge is 0.253 e. The van der Waals surface area contributed by atoms with Gasteiger partial charge in [-0.1, -0.05) is 18.5 Å². The first-order valence-corrected chi connectivity index (χ1v) is 5.63. The van der Waals surface area contributed by atoms with Gasteiger partial charge in [0.1, 0.15) is 0 Å². The first kappa shape index (κ1) is 13.0. The maximum absolute atomic E-state index is 11.9. The minimum absolute atomic E-state index is 0.00281. The topological polar surface area (TPSA) is 46.3 Å². The summed E-state index contributed by atoms with van der Waals surface area (Å²) in [5.41, 5.74) is 6.17. The van der Waals surface area contributed by atoms with Gasteiger partial charge in [-0.2, -0.15) is 0 Å². The maximum atomic E-state index is 11.9. The summed E-state index contributed by atoms with van der Waals surface area (Å²) in [6, 6.07) is 6.90. The highest BCUT2D eigenvalue weighted by molar-refractivity contribution is 6.30. The Kier molecular flexibility index (Phi) is 4.77. The van der Waals surface area contributed by atoms with E-state index in [9.17, 15) is 4.79 Å². The van der Waals surface area contributed by atoms with Gasteiger partial charge in [0, 0.05) is 24.2 Å². The Morgan fingerprint density at radius 3 is 2.50 bits per heavy atom. The Morgan fingerprint density at radius 2 is 2.00 bits per heavy atom. The summed E-state index contributed by atoms with van der Waals surface area (Å²) in [6.45, 7) is 3.27. The summed E-state index contributed by atoms with van der Waals surface area (Å²) >= 11 is 5.76. The van der Waals surface area contributed by atoms with Crippen LogP contribution in [0.2, 0.25) is 5.02 Å². The van der Waals surface area contributed by atoms with Crippen LogP contribution in [0.4, 0.5) is 0 Å². The Labute approximate surface area is 101 Å². The SMILES string of the molecule is CC(CN)CN(C)C(=O)c1ccc(Cl)cc1. The molecule has 1 aromatic carbocycles. The molecule has 0 spiro atoms. The van der Waals surface area contributed by atoms with Crippen molar-refractivity contribution in [2.75, 3.05) is 20.1 Å². The fourth-order valence-corrected chi connectivity index (χ4v) is 1.56. The molecule has 0 aliphatic heterocycles. The van der Waals surface area contributed by atoms with Gasteiger partial charge in [0.15, 0.2) is 0 Å². The quantitative estimate of drug-likeness (QED) is 0.875. The van der Waals surface area contributed by atoms with Crippen molar-refractivity contribution in [2.24, 2.45) is 11.7 Å². The van der Waals surface area contributed by atoms with E-state index in [4.69, 9.17) is 17.3 Å². The zero-order chi connectivity index (χ0) is 12.1. The van der Waals surface area contributed by atoms with Crippen LogP contribution in [-0.4, -0.2) is 30.9 Å². The van der Waals surface area contributed by atoms with Gasteiger partial charge in [0.2, 0.25) is 0 Å². The largest absolute Gasteiger partial charge is 0.341 e. The zero-order valence-corrected chi connectivity index (χ0v) is 10.4. The molecule has 2 N–H and O–H groups in total. The minimum Gasteiger partial charge on any atom is -0.341 e. The van der Waals surface area contributed by atoms with E-state index in [-0.39, 0.29) is 5.91 Å². The highest BCUT2D eigenvalue weighted by Crippen LogP contribution is 2.11. The lowest BCUT2D eigenvalue weighted by Crippen LogP contribution is -2.33. The van der Waals surface area contributed by atoms with Crippen LogP contribution < -0.4 is 5.73 Å². The van der Waals surface area contributed by atoms with E-state index in [2.05, 4.69) is 0 Å². The standard InChI is InChI=1S/C12H17ClN2O/c1-9(7-14)8-15(2)12(16)10-3-5-11(13)6-4-10/h3-6,9H,7-8,14H2,1-2H3. The van der Waals surface area contributed by atoms with Crippen molar-refractivity contribution in [1.29, 1.82) is 0 Å². The molecule has 1 amide bonds. The van der Waals surface area contributed by atoms with E-state index in [1.165, 1.54) is 0 Å². The summed E-state index contributed by atoms with van der Waals surface area (Å²) in [7, 11) is 1.78. The number of benzene rings is 1. The van der Waals surface area contributed by atoms with Crippen LogP contribution in [-0.2, 0) is 0 Å². The first-order valence-electron chi connectivity index (χ1n) is 5.25. The molecular weight excluding hydrogens is 224 g/mol. The van der Waals surface area contributed by atoms with Crippen molar-refractivity contribution in [3.05, 3.63) is 34.9 Å². The first-order chi connectivity index (χ1) is 7.54. The molecule has 0 fully saturated rings. The number of halogens is 1. The number of carbonyl (C=O) groups is 1. The Bertz CT molecular complexity index is 351. The number of rotatable bonds is 4. The third-order valence-corrected chi connectivity index (χ3v) is 2.68. The molecule has 3 nitrogen and oxygen atoms in total. The molecule has 88 valence electrons. The average Bonchev–Trinajstić information content (AvgIpc) is 2.28. The third kappa shape index (κ3) is 3.51. The summed E-state index contributed by atoms with van der Waals surface area (Å²) in [5, 5.41) is 0.634. The third-order valence-electron chi connectivity index (χ3n) is 2.43. The van der Waals surface area contributed by atoms with Gasteiger partial charge in [-0.3, -0.25) is 4.79 Å². The van der Waals surface area contributed by atoms with E-state index in [1.807, 2.05) is 6.92 Å². The van der Waals surface area contributed by atoms with E-state index in [0.29, 0.717) is 29.6 Å². The van der Waals surface area contributed by atoms with Crippen molar-refractivity contribution < 1.29 is 4.79 Å². The predicted molar refractivity (Wildman–Crippen MR) is 66.6 cm³/mol. The molecule has 16 heavy (non-hydrogen) atoms. The number of nitrogens with zero attached hydrogens (tertiary/aromatic N) is 1. The molecule has 1 atom stereocenters. The van der Waals surface area contributed by atoms with E-state index in [0.717, 1.165) is 0 Å². The van der Waals surface area contributed by atoms with Gasteiger partial charge in [-0.25, -0.2) is 0 Å². The molecule has 1 aromatic rings. The van der Waals surface area contributed by atoms with Crippen LogP contribution >= 0.6 is 11.6 Å². The lowest BCUT2D eigenvalue weighted by molar-refractivity contribution is 0.0777. The zero-order valence-electron chi connectivity index (χ0n) is 9.61. The number of carbonyl (C=O) groups excluding carboxylic acids is 1. The second kappa shape index (κ2) is 5.87. The maximum Gasteiger partial charge on any atom is 0.253 e. The lowest BCUT2D eigenvalue weighted by Gasteiger charge is -2.20. The molecule has 0 heterocycles. The van der Waals surface area contributed by atoms with Crippen LogP contribution in [0.5, 0.6) is 0 Å².